The molecule has 2 N–H and O–H groups in total. The van der Waals surface area contributed by atoms with Gasteiger partial charge in [0.2, 0.25) is 0 Å². The minimum atomic E-state index is -3.56. The van der Waals surface area contributed by atoms with E-state index in [1.54, 1.807) is 0 Å². The molecular formula is C7H8BrFN2O2S. The fraction of sp³-hybridized carbons (Fsp3) is 0.143. The first-order chi connectivity index (χ1) is 6.44. The number of benzene rings is 1. The summed E-state index contributed by atoms with van der Waals surface area (Å²) in [5.41, 5.74) is 0.278. The second-order valence-corrected chi connectivity index (χ2v) is 4.91. The summed E-state index contributed by atoms with van der Waals surface area (Å²) in [5.74, 6) is -0.440. The number of rotatable bonds is 3. The summed E-state index contributed by atoms with van der Waals surface area (Å²) in [6, 6.07) is 3.67. The summed E-state index contributed by atoms with van der Waals surface area (Å²) in [6.45, 7) is 0. The summed E-state index contributed by atoms with van der Waals surface area (Å²) in [6.07, 6.45) is 0. The van der Waals surface area contributed by atoms with Crippen LogP contribution >= 0.6 is 15.9 Å². The van der Waals surface area contributed by atoms with Gasteiger partial charge in [-0.25, -0.2) is 9.11 Å². The third kappa shape index (κ3) is 2.93. The first kappa shape index (κ1) is 11.4. The van der Waals surface area contributed by atoms with Gasteiger partial charge in [0.05, 0.1) is 5.69 Å². The third-order valence-corrected chi connectivity index (χ3v) is 3.13. The van der Waals surface area contributed by atoms with Gasteiger partial charge in [-0.15, -0.1) is 0 Å². The Morgan fingerprint density at radius 3 is 2.57 bits per heavy atom. The quantitative estimate of drug-likeness (QED) is 0.882. The SMILES string of the molecule is CNS(=O)(=O)Nc1ccc(F)cc1Br. The van der Waals surface area contributed by atoms with Crippen LogP contribution in [0.5, 0.6) is 0 Å². The van der Waals surface area contributed by atoms with E-state index in [1.807, 2.05) is 0 Å². The van der Waals surface area contributed by atoms with Crippen molar-refractivity contribution < 1.29 is 12.8 Å². The van der Waals surface area contributed by atoms with Gasteiger partial charge in [-0.3, -0.25) is 4.72 Å². The third-order valence-electron chi connectivity index (χ3n) is 1.44. The molecular weight excluding hydrogens is 275 g/mol. The molecule has 7 heteroatoms. The lowest BCUT2D eigenvalue weighted by Crippen LogP contribution is -2.26. The maximum absolute atomic E-state index is 12.6. The van der Waals surface area contributed by atoms with Crippen LogP contribution in [0.1, 0.15) is 0 Å². The highest BCUT2D eigenvalue weighted by atomic mass is 79.9. The fourth-order valence-electron chi connectivity index (χ4n) is 0.768. The lowest BCUT2D eigenvalue weighted by Gasteiger charge is -2.07. The average Bonchev–Trinajstić information content (AvgIpc) is 2.10. The smallest absolute Gasteiger partial charge is 0.270 e. The second-order valence-electron chi connectivity index (χ2n) is 2.43. The predicted octanol–water partition coefficient (Wildman–Crippen LogP) is 1.46. The maximum atomic E-state index is 12.6. The van der Waals surface area contributed by atoms with Crippen LogP contribution in [0.4, 0.5) is 10.1 Å². The van der Waals surface area contributed by atoms with Gasteiger partial charge in [-0.2, -0.15) is 8.42 Å². The Labute approximate surface area is 89.8 Å². The van der Waals surface area contributed by atoms with E-state index in [-0.39, 0.29) is 5.69 Å². The normalized spacial score (nSPS) is 11.4. The van der Waals surface area contributed by atoms with Gasteiger partial charge in [0.15, 0.2) is 0 Å². The first-order valence-corrected chi connectivity index (χ1v) is 5.88. The number of nitrogens with one attached hydrogen (secondary N) is 2. The zero-order valence-electron chi connectivity index (χ0n) is 7.21. The largest absolute Gasteiger partial charge is 0.298 e. The second kappa shape index (κ2) is 4.24. The van der Waals surface area contributed by atoms with Crippen molar-refractivity contribution in [2.75, 3.05) is 11.8 Å². The van der Waals surface area contributed by atoms with Crippen molar-refractivity contribution in [2.24, 2.45) is 0 Å². The molecule has 0 bridgehead atoms. The molecule has 0 atom stereocenters. The van der Waals surface area contributed by atoms with Crippen LogP contribution in [0.2, 0.25) is 0 Å². The molecule has 0 unspecified atom stereocenters. The summed E-state index contributed by atoms with van der Waals surface area (Å²) < 4.78 is 39.4. The molecule has 0 aliphatic rings. The molecule has 1 aromatic carbocycles. The predicted molar refractivity (Wildman–Crippen MR) is 55.7 cm³/mol. The monoisotopic (exact) mass is 282 g/mol. The van der Waals surface area contributed by atoms with Crippen molar-refractivity contribution in [3.05, 3.63) is 28.5 Å². The molecule has 14 heavy (non-hydrogen) atoms. The molecule has 0 fully saturated rings. The first-order valence-electron chi connectivity index (χ1n) is 3.61. The van der Waals surface area contributed by atoms with Crippen LogP contribution in [0.3, 0.4) is 0 Å². The molecule has 78 valence electrons. The summed E-state index contributed by atoms with van der Waals surface area (Å²) >= 11 is 3.03. The van der Waals surface area contributed by atoms with Gasteiger partial charge in [0, 0.05) is 11.5 Å². The van der Waals surface area contributed by atoms with Gasteiger partial charge >= 0.3 is 0 Å². The van der Waals surface area contributed by atoms with E-state index in [4.69, 9.17) is 0 Å². The molecule has 0 aromatic heterocycles. The highest BCUT2D eigenvalue weighted by Gasteiger charge is 2.09. The highest BCUT2D eigenvalue weighted by Crippen LogP contribution is 2.23. The van der Waals surface area contributed by atoms with E-state index >= 15 is 0 Å². The minimum Gasteiger partial charge on any atom is -0.270 e. The van der Waals surface area contributed by atoms with Crippen LogP contribution in [0.25, 0.3) is 0 Å². The van der Waals surface area contributed by atoms with Crippen LogP contribution in [0, 0.1) is 5.82 Å². The van der Waals surface area contributed by atoms with Crippen molar-refractivity contribution in [3.8, 4) is 0 Å². The van der Waals surface area contributed by atoms with E-state index in [1.165, 1.54) is 19.2 Å². The molecule has 0 saturated heterocycles. The van der Waals surface area contributed by atoms with E-state index in [2.05, 4.69) is 25.4 Å². The topological polar surface area (TPSA) is 58.2 Å². The molecule has 0 saturated carbocycles. The Morgan fingerprint density at radius 2 is 2.07 bits per heavy atom. The Balaban J connectivity index is 2.99. The maximum Gasteiger partial charge on any atom is 0.298 e. The zero-order valence-corrected chi connectivity index (χ0v) is 9.62. The highest BCUT2D eigenvalue weighted by molar-refractivity contribution is 9.10. The van der Waals surface area contributed by atoms with Crippen LogP contribution in [0.15, 0.2) is 22.7 Å². The number of anilines is 1. The summed E-state index contributed by atoms with van der Waals surface area (Å²) in [4.78, 5) is 0. The van der Waals surface area contributed by atoms with Crippen molar-refractivity contribution in [1.29, 1.82) is 0 Å². The molecule has 0 amide bonds. The molecule has 0 heterocycles. The van der Waals surface area contributed by atoms with Gasteiger partial charge in [-0.1, -0.05) is 0 Å². The molecule has 0 aliphatic heterocycles. The molecule has 1 rings (SSSR count). The van der Waals surface area contributed by atoms with Gasteiger partial charge in [-0.05, 0) is 34.1 Å². The van der Waals surface area contributed by atoms with Crippen LogP contribution in [-0.4, -0.2) is 15.5 Å². The summed E-state index contributed by atoms with van der Waals surface area (Å²) in [7, 11) is -2.28. The lowest BCUT2D eigenvalue weighted by atomic mass is 10.3. The van der Waals surface area contributed by atoms with E-state index in [0.29, 0.717) is 4.47 Å². The number of hydrogen-bond acceptors (Lipinski definition) is 2. The van der Waals surface area contributed by atoms with E-state index in [9.17, 15) is 12.8 Å². The summed E-state index contributed by atoms with van der Waals surface area (Å²) in [5, 5.41) is 0. The van der Waals surface area contributed by atoms with Gasteiger partial charge < -0.3 is 0 Å². The van der Waals surface area contributed by atoms with Crippen LogP contribution in [-0.2, 0) is 10.2 Å². The van der Waals surface area contributed by atoms with Crippen LogP contribution < -0.4 is 9.44 Å². The zero-order chi connectivity index (χ0) is 10.8. The number of hydrogen-bond donors (Lipinski definition) is 2. The molecule has 1 aromatic rings. The van der Waals surface area contributed by atoms with Crippen molar-refractivity contribution in [1.82, 2.24) is 4.72 Å². The molecule has 0 radical (unpaired) electrons. The molecule has 0 aliphatic carbocycles. The average molecular weight is 283 g/mol. The van der Waals surface area contributed by atoms with Gasteiger partial charge in [0.1, 0.15) is 5.82 Å². The standard InChI is InChI=1S/C7H8BrFN2O2S/c1-10-14(12,13)11-7-3-2-5(9)4-6(7)8/h2-4,10-11H,1H3. The molecule has 4 nitrogen and oxygen atoms in total. The lowest BCUT2D eigenvalue weighted by molar-refractivity contribution is 0.593. The Hall–Kier alpha value is -0.660. The minimum absolute atomic E-state index is 0.278. The Bertz CT molecular complexity index is 435. The fourth-order valence-corrected chi connectivity index (χ4v) is 1.92. The van der Waals surface area contributed by atoms with Crippen molar-refractivity contribution >= 4 is 31.8 Å². The number of halogens is 2. The van der Waals surface area contributed by atoms with Crippen molar-refractivity contribution in [2.45, 2.75) is 0 Å². The van der Waals surface area contributed by atoms with Gasteiger partial charge in [0.25, 0.3) is 10.2 Å². The Kier molecular flexibility index (Phi) is 3.46. The molecule has 0 spiro atoms. The Morgan fingerprint density at radius 1 is 1.43 bits per heavy atom. The van der Waals surface area contributed by atoms with E-state index < -0.39 is 16.0 Å². The van der Waals surface area contributed by atoms with E-state index in [0.717, 1.165) is 6.07 Å². The van der Waals surface area contributed by atoms with Crippen molar-refractivity contribution in [3.63, 3.8) is 0 Å².